The normalized spacial score (nSPS) is 21.7. The average molecular weight is 267 g/mol. The molecule has 1 saturated carbocycles. The first kappa shape index (κ1) is 9.71. The van der Waals surface area contributed by atoms with Gasteiger partial charge in [-0.25, -0.2) is 0 Å². The molecule has 0 radical (unpaired) electrons. The zero-order chi connectivity index (χ0) is 10.3. The fourth-order valence-electron chi connectivity index (χ4n) is 2.21. The second-order valence-electron chi connectivity index (χ2n) is 4.56. The summed E-state index contributed by atoms with van der Waals surface area (Å²) in [5, 5.41) is 0. The van der Waals surface area contributed by atoms with Gasteiger partial charge in [0.25, 0.3) is 0 Å². The van der Waals surface area contributed by atoms with E-state index in [2.05, 4.69) is 34.1 Å². The minimum absolute atomic E-state index is 0.560. The van der Waals surface area contributed by atoms with Crippen molar-refractivity contribution in [1.29, 1.82) is 0 Å². The van der Waals surface area contributed by atoms with Crippen molar-refractivity contribution in [2.45, 2.75) is 30.5 Å². The molecule has 1 aromatic rings. The van der Waals surface area contributed by atoms with Crippen molar-refractivity contribution in [1.82, 2.24) is 0 Å². The van der Waals surface area contributed by atoms with Crippen molar-refractivity contribution in [3.63, 3.8) is 0 Å². The zero-order valence-corrected chi connectivity index (χ0v) is 10.3. The molecule has 1 unspecified atom stereocenters. The van der Waals surface area contributed by atoms with Gasteiger partial charge in [-0.2, -0.15) is 0 Å². The van der Waals surface area contributed by atoms with Crippen LogP contribution >= 0.6 is 15.9 Å². The minimum atomic E-state index is 0.560. The highest BCUT2D eigenvalue weighted by Crippen LogP contribution is 2.47. The summed E-state index contributed by atoms with van der Waals surface area (Å²) in [7, 11) is 0. The lowest BCUT2D eigenvalue weighted by molar-refractivity contribution is 0.288. The van der Waals surface area contributed by atoms with Crippen LogP contribution in [0.5, 0.6) is 5.75 Å². The number of rotatable bonds is 2. The van der Waals surface area contributed by atoms with Gasteiger partial charge in [-0.1, -0.05) is 28.1 Å². The predicted molar refractivity (Wildman–Crippen MR) is 64.7 cm³/mol. The van der Waals surface area contributed by atoms with E-state index in [1.807, 2.05) is 0 Å². The van der Waals surface area contributed by atoms with Gasteiger partial charge in [-0.05, 0) is 48.8 Å². The second-order valence-corrected chi connectivity index (χ2v) is 5.54. The van der Waals surface area contributed by atoms with Crippen LogP contribution in [0.2, 0.25) is 0 Å². The van der Waals surface area contributed by atoms with E-state index in [1.165, 1.54) is 30.4 Å². The standard InChI is InChI=1S/C13H15BrO/c14-13(9-3-4-9)11-5-6-12-10(8-11)2-1-7-15-12/h5-6,8-9,13H,1-4,7H2. The molecular formula is C13H15BrO. The van der Waals surface area contributed by atoms with Gasteiger partial charge in [0.05, 0.1) is 6.61 Å². The molecule has 0 spiro atoms. The number of ether oxygens (including phenoxy) is 1. The van der Waals surface area contributed by atoms with E-state index in [0.717, 1.165) is 24.7 Å². The average Bonchev–Trinajstić information content (AvgIpc) is 3.11. The summed E-state index contributed by atoms with van der Waals surface area (Å²) in [6.07, 6.45) is 5.09. The van der Waals surface area contributed by atoms with E-state index >= 15 is 0 Å². The fourth-order valence-corrected chi connectivity index (χ4v) is 3.03. The highest BCUT2D eigenvalue weighted by atomic mass is 79.9. The van der Waals surface area contributed by atoms with Gasteiger partial charge in [-0.3, -0.25) is 0 Å². The lowest BCUT2D eigenvalue weighted by atomic mass is 10.0. The van der Waals surface area contributed by atoms with E-state index in [4.69, 9.17) is 4.74 Å². The number of aryl methyl sites for hydroxylation is 1. The Bertz CT molecular complexity index is 371. The van der Waals surface area contributed by atoms with Crippen LogP contribution in [0.1, 0.15) is 35.2 Å². The number of hydrogen-bond acceptors (Lipinski definition) is 1. The molecule has 1 aromatic carbocycles. The Balaban J connectivity index is 1.89. The number of halogens is 1. The van der Waals surface area contributed by atoms with Crippen LogP contribution in [-0.4, -0.2) is 6.61 Å². The Morgan fingerprint density at radius 2 is 2.20 bits per heavy atom. The van der Waals surface area contributed by atoms with Crippen molar-refractivity contribution < 1.29 is 4.74 Å². The molecule has 1 nitrogen and oxygen atoms in total. The largest absolute Gasteiger partial charge is 0.493 e. The van der Waals surface area contributed by atoms with Crippen molar-refractivity contribution in [2.75, 3.05) is 6.61 Å². The van der Waals surface area contributed by atoms with Crippen molar-refractivity contribution >= 4 is 15.9 Å². The molecule has 0 saturated heterocycles. The van der Waals surface area contributed by atoms with Crippen molar-refractivity contribution in [3.05, 3.63) is 29.3 Å². The molecule has 3 rings (SSSR count). The smallest absolute Gasteiger partial charge is 0.122 e. The SMILES string of the molecule is BrC(c1ccc2c(c1)CCCO2)C1CC1. The van der Waals surface area contributed by atoms with Crippen LogP contribution in [0.15, 0.2) is 18.2 Å². The van der Waals surface area contributed by atoms with E-state index in [0.29, 0.717) is 4.83 Å². The number of hydrogen-bond donors (Lipinski definition) is 0. The highest BCUT2D eigenvalue weighted by Gasteiger charge is 2.30. The Morgan fingerprint density at radius 3 is 3.00 bits per heavy atom. The summed E-state index contributed by atoms with van der Waals surface area (Å²) in [4.78, 5) is 0.560. The number of benzene rings is 1. The zero-order valence-electron chi connectivity index (χ0n) is 8.71. The third kappa shape index (κ3) is 1.92. The van der Waals surface area contributed by atoms with Gasteiger partial charge in [0.2, 0.25) is 0 Å². The lowest BCUT2D eigenvalue weighted by Gasteiger charge is -2.19. The molecule has 1 fully saturated rings. The molecule has 1 heterocycles. The molecule has 2 aliphatic rings. The van der Waals surface area contributed by atoms with Gasteiger partial charge in [-0.15, -0.1) is 0 Å². The Labute approximate surface area is 99.0 Å². The number of fused-ring (bicyclic) bond motifs is 1. The first-order valence-electron chi connectivity index (χ1n) is 5.74. The third-order valence-electron chi connectivity index (χ3n) is 3.29. The van der Waals surface area contributed by atoms with Crippen LogP contribution in [0.25, 0.3) is 0 Å². The Kier molecular flexibility index (Phi) is 2.47. The molecule has 2 heteroatoms. The maximum Gasteiger partial charge on any atom is 0.122 e. The molecule has 0 aromatic heterocycles. The summed E-state index contributed by atoms with van der Waals surface area (Å²) in [5.74, 6) is 1.97. The van der Waals surface area contributed by atoms with Crippen LogP contribution in [0, 0.1) is 5.92 Å². The van der Waals surface area contributed by atoms with Crippen LogP contribution in [0.3, 0.4) is 0 Å². The minimum Gasteiger partial charge on any atom is -0.493 e. The lowest BCUT2D eigenvalue weighted by Crippen LogP contribution is -2.08. The first-order valence-corrected chi connectivity index (χ1v) is 6.66. The molecule has 0 bridgehead atoms. The van der Waals surface area contributed by atoms with Gasteiger partial charge in [0.1, 0.15) is 5.75 Å². The molecule has 80 valence electrons. The van der Waals surface area contributed by atoms with E-state index < -0.39 is 0 Å². The summed E-state index contributed by atoms with van der Waals surface area (Å²) >= 11 is 3.80. The molecular weight excluding hydrogens is 252 g/mol. The third-order valence-corrected chi connectivity index (χ3v) is 4.56. The summed E-state index contributed by atoms with van der Waals surface area (Å²) in [6.45, 7) is 0.882. The quantitative estimate of drug-likeness (QED) is 0.739. The van der Waals surface area contributed by atoms with Gasteiger partial charge in [0, 0.05) is 4.83 Å². The summed E-state index contributed by atoms with van der Waals surface area (Å²) in [5.41, 5.74) is 2.82. The molecule has 1 aliphatic heterocycles. The highest BCUT2D eigenvalue weighted by molar-refractivity contribution is 9.09. The van der Waals surface area contributed by atoms with Crippen molar-refractivity contribution in [3.8, 4) is 5.75 Å². The van der Waals surface area contributed by atoms with E-state index in [1.54, 1.807) is 0 Å². The van der Waals surface area contributed by atoms with Gasteiger partial charge >= 0.3 is 0 Å². The monoisotopic (exact) mass is 266 g/mol. The van der Waals surface area contributed by atoms with Crippen LogP contribution in [0.4, 0.5) is 0 Å². The summed E-state index contributed by atoms with van der Waals surface area (Å²) in [6, 6.07) is 6.68. The van der Waals surface area contributed by atoms with E-state index in [-0.39, 0.29) is 0 Å². The molecule has 1 aliphatic carbocycles. The topological polar surface area (TPSA) is 9.23 Å². The maximum atomic E-state index is 5.62. The fraction of sp³-hybridized carbons (Fsp3) is 0.538. The summed E-state index contributed by atoms with van der Waals surface area (Å²) < 4.78 is 5.62. The number of alkyl halides is 1. The molecule has 0 amide bonds. The van der Waals surface area contributed by atoms with Gasteiger partial charge in [0.15, 0.2) is 0 Å². The first-order chi connectivity index (χ1) is 7.34. The van der Waals surface area contributed by atoms with Crippen molar-refractivity contribution in [2.24, 2.45) is 5.92 Å². The maximum absolute atomic E-state index is 5.62. The Hall–Kier alpha value is -0.500. The van der Waals surface area contributed by atoms with Gasteiger partial charge < -0.3 is 4.74 Å². The molecule has 0 N–H and O–H groups in total. The molecule has 15 heavy (non-hydrogen) atoms. The molecule has 1 atom stereocenters. The Morgan fingerprint density at radius 1 is 1.33 bits per heavy atom. The van der Waals surface area contributed by atoms with Crippen LogP contribution in [-0.2, 0) is 6.42 Å². The predicted octanol–water partition coefficient (Wildman–Crippen LogP) is 3.86. The second kappa shape index (κ2) is 3.82. The van der Waals surface area contributed by atoms with Crippen LogP contribution < -0.4 is 4.74 Å². The van der Waals surface area contributed by atoms with E-state index in [9.17, 15) is 0 Å².